The van der Waals surface area contributed by atoms with E-state index in [1.807, 2.05) is 0 Å². The number of carbonyl (C=O) groups excluding carboxylic acids is 1. The lowest BCUT2D eigenvalue weighted by atomic mass is 10.2. The van der Waals surface area contributed by atoms with Gasteiger partial charge in [-0.1, -0.05) is 17.7 Å². The Morgan fingerprint density at radius 3 is 2.67 bits per heavy atom. The van der Waals surface area contributed by atoms with Crippen LogP contribution in [0.15, 0.2) is 23.1 Å². The van der Waals surface area contributed by atoms with Gasteiger partial charge in [-0.2, -0.15) is 0 Å². The first-order valence-electron chi connectivity index (χ1n) is 5.29. The number of nitrogens with one attached hydrogen (secondary N) is 1. The quantitative estimate of drug-likeness (QED) is 0.755. The molecule has 100 valence electrons. The van der Waals surface area contributed by atoms with E-state index in [0.717, 1.165) is 6.26 Å². The van der Waals surface area contributed by atoms with E-state index >= 15 is 0 Å². The molecule has 0 saturated heterocycles. The smallest absolute Gasteiger partial charge is 0.218 e. The molecule has 0 aliphatic carbocycles. The number of benzene rings is 1. The molecule has 0 atom stereocenters. The molecule has 0 unspecified atom stereocenters. The van der Waals surface area contributed by atoms with Gasteiger partial charge in [-0.25, -0.2) is 8.42 Å². The van der Waals surface area contributed by atoms with Gasteiger partial charge in [0.05, 0.1) is 4.90 Å². The molecule has 0 heterocycles. The van der Waals surface area contributed by atoms with Crippen molar-refractivity contribution in [2.24, 2.45) is 5.73 Å². The molecule has 0 fully saturated rings. The summed E-state index contributed by atoms with van der Waals surface area (Å²) in [6.45, 7) is 0.652. The standard InChI is InChI=1S/C11H15ClN2O3S/c1-18(16,17)10-4-2-3-9(12)8(10)7-14-6-5-11(13)15/h2-4,14H,5-7H2,1H3,(H2,13,15). The Labute approximate surface area is 111 Å². The minimum absolute atomic E-state index is 0.193. The molecule has 18 heavy (non-hydrogen) atoms. The van der Waals surface area contributed by atoms with Gasteiger partial charge in [-0.05, 0) is 12.1 Å². The van der Waals surface area contributed by atoms with Crippen LogP contribution >= 0.6 is 11.6 Å². The summed E-state index contributed by atoms with van der Waals surface area (Å²) in [6.07, 6.45) is 1.32. The van der Waals surface area contributed by atoms with Crippen molar-refractivity contribution >= 4 is 27.3 Å². The summed E-state index contributed by atoms with van der Waals surface area (Å²) in [4.78, 5) is 10.8. The van der Waals surface area contributed by atoms with Crippen LogP contribution in [0.5, 0.6) is 0 Å². The second-order valence-electron chi connectivity index (χ2n) is 3.88. The molecule has 1 aromatic rings. The number of nitrogens with two attached hydrogens (primary N) is 1. The predicted molar refractivity (Wildman–Crippen MR) is 70.1 cm³/mol. The lowest BCUT2D eigenvalue weighted by molar-refractivity contribution is -0.117. The van der Waals surface area contributed by atoms with Gasteiger partial charge in [0.1, 0.15) is 0 Å². The van der Waals surface area contributed by atoms with E-state index in [1.165, 1.54) is 6.07 Å². The minimum atomic E-state index is -3.33. The molecule has 0 radical (unpaired) electrons. The number of hydrogen-bond donors (Lipinski definition) is 2. The van der Waals surface area contributed by atoms with Crippen molar-refractivity contribution in [3.05, 3.63) is 28.8 Å². The largest absolute Gasteiger partial charge is 0.370 e. The summed E-state index contributed by atoms with van der Waals surface area (Å²) in [7, 11) is -3.33. The van der Waals surface area contributed by atoms with E-state index in [2.05, 4.69) is 5.32 Å². The maximum Gasteiger partial charge on any atom is 0.218 e. The normalized spacial score (nSPS) is 11.4. The van der Waals surface area contributed by atoms with Crippen LogP contribution in [-0.4, -0.2) is 27.1 Å². The first-order chi connectivity index (χ1) is 8.32. The van der Waals surface area contributed by atoms with Crippen LogP contribution in [0.3, 0.4) is 0 Å². The van der Waals surface area contributed by atoms with E-state index in [0.29, 0.717) is 17.1 Å². The number of halogens is 1. The molecule has 0 aromatic heterocycles. The third kappa shape index (κ3) is 4.29. The van der Waals surface area contributed by atoms with Crippen molar-refractivity contribution in [2.45, 2.75) is 17.9 Å². The molecule has 0 spiro atoms. The van der Waals surface area contributed by atoms with Gasteiger partial charge < -0.3 is 11.1 Å². The highest BCUT2D eigenvalue weighted by molar-refractivity contribution is 7.90. The van der Waals surface area contributed by atoms with Gasteiger partial charge in [-0.15, -0.1) is 0 Å². The van der Waals surface area contributed by atoms with Gasteiger partial charge >= 0.3 is 0 Å². The maximum atomic E-state index is 11.6. The van der Waals surface area contributed by atoms with E-state index < -0.39 is 15.7 Å². The molecule has 7 heteroatoms. The average molecular weight is 291 g/mol. The minimum Gasteiger partial charge on any atom is -0.370 e. The molecule has 3 N–H and O–H groups in total. The van der Waals surface area contributed by atoms with Gasteiger partial charge in [-0.3, -0.25) is 4.79 Å². The molecule has 0 aliphatic rings. The van der Waals surface area contributed by atoms with Crippen LogP contribution < -0.4 is 11.1 Å². The van der Waals surface area contributed by atoms with E-state index in [1.54, 1.807) is 12.1 Å². The molecular weight excluding hydrogens is 276 g/mol. The average Bonchev–Trinajstić information content (AvgIpc) is 2.24. The molecule has 0 aliphatic heterocycles. The van der Waals surface area contributed by atoms with Gasteiger partial charge in [0.2, 0.25) is 5.91 Å². The molecule has 1 aromatic carbocycles. The Morgan fingerprint density at radius 2 is 2.11 bits per heavy atom. The third-order valence-corrected chi connectivity index (χ3v) is 3.86. The summed E-state index contributed by atoms with van der Waals surface area (Å²) < 4.78 is 23.2. The van der Waals surface area contributed by atoms with Crippen LogP contribution in [0.2, 0.25) is 5.02 Å². The predicted octanol–water partition coefficient (Wildman–Crippen LogP) is 0.709. The highest BCUT2D eigenvalue weighted by atomic mass is 35.5. The summed E-state index contributed by atoms with van der Waals surface area (Å²) in [5, 5.41) is 3.32. The van der Waals surface area contributed by atoms with Crippen LogP contribution in [0.4, 0.5) is 0 Å². The summed E-state index contributed by atoms with van der Waals surface area (Å²) in [6, 6.07) is 4.72. The fourth-order valence-electron chi connectivity index (χ4n) is 1.48. The molecule has 0 bridgehead atoms. The molecule has 1 amide bonds. The van der Waals surface area contributed by atoms with Crippen molar-refractivity contribution in [1.29, 1.82) is 0 Å². The number of sulfone groups is 1. The zero-order valence-electron chi connectivity index (χ0n) is 9.94. The van der Waals surface area contributed by atoms with Gasteiger partial charge in [0.15, 0.2) is 9.84 Å². The Morgan fingerprint density at radius 1 is 1.44 bits per heavy atom. The van der Waals surface area contributed by atoms with Crippen molar-refractivity contribution in [2.75, 3.05) is 12.8 Å². The first kappa shape index (κ1) is 14.9. The second-order valence-corrected chi connectivity index (χ2v) is 6.27. The summed E-state index contributed by atoms with van der Waals surface area (Å²) in [5.74, 6) is -0.412. The van der Waals surface area contributed by atoms with Crippen LogP contribution in [0.25, 0.3) is 0 Å². The fraction of sp³-hybridized carbons (Fsp3) is 0.364. The highest BCUT2D eigenvalue weighted by Gasteiger charge is 2.15. The lowest BCUT2D eigenvalue weighted by Gasteiger charge is -2.10. The number of amides is 1. The van der Waals surface area contributed by atoms with Crippen LogP contribution in [0, 0.1) is 0 Å². The van der Waals surface area contributed by atoms with Crippen molar-refractivity contribution in [3.8, 4) is 0 Å². The second kappa shape index (κ2) is 6.17. The number of carbonyl (C=O) groups is 1. The molecular formula is C11H15ClN2O3S. The Bertz CT molecular complexity index is 543. The summed E-state index contributed by atoms with van der Waals surface area (Å²) >= 11 is 5.98. The lowest BCUT2D eigenvalue weighted by Crippen LogP contribution is -2.22. The Balaban J connectivity index is 2.84. The zero-order valence-corrected chi connectivity index (χ0v) is 11.5. The van der Waals surface area contributed by atoms with Crippen LogP contribution in [-0.2, 0) is 21.2 Å². The first-order valence-corrected chi connectivity index (χ1v) is 7.56. The zero-order chi connectivity index (χ0) is 13.8. The Hall–Kier alpha value is -1.11. The maximum absolute atomic E-state index is 11.6. The fourth-order valence-corrected chi connectivity index (χ4v) is 2.74. The van der Waals surface area contributed by atoms with E-state index in [9.17, 15) is 13.2 Å². The topological polar surface area (TPSA) is 89.3 Å². The van der Waals surface area contributed by atoms with Gasteiger partial charge in [0, 0.05) is 36.4 Å². The highest BCUT2D eigenvalue weighted by Crippen LogP contribution is 2.23. The summed E-state index contributed by atoms with van der Waals surface area (Å²) in [5.41, 5.74) is 5.51. The van der Waals surface area contributed by atoms with E-state index in [-0.39, 0.29) is 17.9 Å². The van der Waals surface area contributed by atoms with E-state index in [4.69, 9.17) is 17.3 Å². The molecule has 5 nitrogen and oxygen atoms in total. The number of hydrogen-bond acceptors (Lipinski definition) is 4. The molecule has 1 rings (SSSR count). The number of rotatable bonds is 6. The SMILES string of the molecule is CS(=O)(=O)c1cccc(Cl)c1CNCCC(N)=O. The van der Waals surface area contributed by atoms with Gasteiger partial charge in [0.25, 0.3) is 0 Å². The van der Waals surface area contributed by atoms with Crippen molar-refractivity contribution in [1.82, 2.24) is 5.32 Å². The van der Waals surface area contributed by atoms with Crippen molar-refractivity contribution < 1.29 is 13.2 Å². The van der Waals surface area contributed by atoms with Crippen LogP contribution in [0.1, 0.15) is 12.0 Å². The molecule has 0 saturated carbocycles. The number of primary amides is 1. The van der Waals surface area contributed by atoms with Crippen molar-refractivity contribution in [3.63, 3.8) is 0 Å². The Kier molecular flexibility index (Phi) is 5.13. The monoisotopic (exact) mass is 290 g/mol. The third-order valence-electron chi connectivity index (χ3n) is 2.33.